The van der Waals surface area contributed by atoms with Crippen molar-refractivity contribution in [3.8, 4) is 22.9 Å². The van der Waals surface area contributed by atoms with Crippen molar-refractivity contribution in [2.45, 2.75) is 225 Å². The molecule has 1 unspecified atom stereocenters. The van der Waals surface area contributed by atoms with Gasteiger partial charge in [0.1, 0.15) is 34.9 Å². The molecule has 0 spiro atoms. The van der Waals surface area contributed by atoms with E-state index in [4.69, 9.17) is 50.4 Å². The summed E-state index contributed by atoms with van der Waals surface area (Å²) >= 11 is 0. The van der Waals surface area contributed by atoms with Gasteiger partial charge in [0, 0.05) is 148 Å². The molecule has 2 heterocycles. The number of fused-ring (bicyclic) bond motifs is 2. The van der Waals surface area contributed by atoms with E-state index >= 15 is 0 Å². The van der Waals surface area contributed by atoms with E-state index in [2.05, 4.69) is 91.7 Å². The molecule has 13 amide bonds. The van der Waals surface area contributed by atoms with Crippen molar-refractivity contribution in [1.82, 2.24) is 82.5 Å². The Morgan fingerprint density at radius 3 is 1.45 bits per heavy atom. The van der Waals surface area contributed by atoms with Gasteiger partial charge in [-0.2, -0.15) is 0 Å². The third-order valence-electron chi connectivity index (χ3n) is 22.3. The minimum absolute atomic E-state index is 0.0288. The van der Waals surface area contributed by atoms with Crippen LogP contribution in [0.2, 0.25) is 0 Å². The number of aromatic hydroxyl groups is 1. The van der Waals surface area contributed by atoms with Gasteiger partial charge in [-0.05, 0) is 175 Å². The van der Waals surface area contributed by atoms with Crippen molar-refractivity contribution in [2.24, 2.45) is 17.2 Å². The number of carbonyl (C=O) groups excluding carboxylic acids is 13. The first-order valence-electron chi connectivity index (χ1n) is 48.3. The first-order valence-corrected chi connectivity index (χ1v) is 48.3. The molecule has 20 N–H and O–H groups in total. The van der Waals surface area contributed by atoms with Gasteiger partial charge in [-0.25, -0.2) is 9.78 Å². The van der Waals surface area contributed by atoms with Gasteiger partial charge in [-0.1, -0.05) is 45.0 Å². The lowest BCUT2D eigenvalue weighted by molar-refractivity contribution is -0.129. The Balaban J connectivity index is 0.631. The van der Waals surface area contributed by atoms with E-state index < -0.39 is 53.4 Å². The molecule has 1 aliphatic rings. The molecule has 766 valence electrons. The number of aromatic nitrogens is 4. The number of hydrogen-bond acceptors (Lipinski definition) is 27. The number of H-pyrrole nitrogens is 1. The van der Waals surface area contributed by atoms with Gasteiger partial charge >= 0.3 is 5.69 Å². The Labute approximate surface area is 805 Å². The lowest BCUT2D eigenvalue weighted by Crippen LogP contribution is -2.47. The molecule has 138 heavy (non-hydrogen) atoms. The maximum absolute atomic E-state index is 13.1. The third kappa shape index (κ3) is 46.5. The molecular weight excluding hydrogens is 1790 g/mol. The third-order valence-corrected chi connectivity index (χ3v) is 22.3. The highest BCUT2D eigenvalue weighted by molar-refractivity contribution is 5.92. The number of nitrogens with two attached hydrogens (primary N) is 3. The average Bonchev–Trinajstić information content (AvgIpc) is 1.60. The van der Waals surface area contributed by atoms with Crippen molar-refractivity contribution in [1.29, 1.82) is 0 Å². The summed E-state index contributed by atoms with van der Waals surface area (Å²) in [6, 6.07) is 17.4. The second-order valence-electron chi connectivity index (χ2n) is 33.5. The number of anilines is 1. The van der Waals surface area contributed by atoms with Gasteiger partial charge in [-0.3, -0.25) is 81.2 Å². The Morgan fingerprint density at radius 2 is 0.949 bits per heavy atom. The number of phenolic OH excluding ortho intramolecular Hbond substituents is 1. The van der Waals surface area contributed by atoms with Gasteiger partial charge in [0.2, 0.25) is 70.9 Å². The van der Waals surface area contributed by atoms with Crippen molar-refractivity contribution >= 4 is 93.6 Å². The number of primary amides is 1. The molecule has 3 aromatic carbocycles. The molecule has 43 nitrogen and oxygen atoms in total. The van der Waals surface area contributed by atoms with Gasteiger partial charge < -0.3 is 124 Å². The normalized spacial score (nSPS) is 13.1. The largest absolute Gasteiger partial charge is 0.508 e. The molecule has 6 rings (SSSR count). The maximum atomic E-state index is 13.1. The van der Waals surface area contributed by atoms with E-state index in [9.17, 15) is 77.0 Å². The highest BCUT2D eigenvalue weighted by atomic mass is 16.5. The van der Waals surface area contributed by atoms with Crippen LogP contribution in [0.25, 0.3) is 22.6 Å². The van der Waals surface area contributed by atoms with Crippen molar-refractivity contribution < 1.29 is 101 Å². The summed E-state index contributed by atoms with van der Waals surface area (Å²) in [5, 5.41) is 42.9. The van der Waals surface area contributed by atoms with E-state index in [1.54, 1.807) is 30.3 Å². The number of unbranched alkanes of at least 4 members (excludes halogenated alkanes) is 3. The molecule has 5 atom stereocenters. The lowest BCUT2D eigenvalue weighted by Gasteiger charge is -2.35. The Kier molecular flexibility index (Phi) is 56.1. The molecule has 0 saturated carbocycles. The second-order valence-corrected chi connectivity index (χ2v) is 33.5. The molecular formula is C95H148N20O23. The molecule has 0 fully saturated rings. The summed E-state index contributed by atoms with van der Waals surface area (Å²) in [4.78, 5) is 198. The summed E-state index contributed by atoms with van der Waals surface area (Å²) in [6.45, 7) is 14.4. The number of carbonyl (C=O) groups is 13. The van der Waals surface area contributed by atoms with Crippen molar-refractivity contribution in [2.75, 3.05) is 163 Å². The predicted molar refractivity (Wildman–Crippen MR) is 516 cm³/mol. The molecule has 1 aliphatic carbocycles. The number of rotatable bonds is 75. The monoisotopic (exact) mass is 1940 g/mol. The van der Waals surface area contributed by atoms with E-state index in [1.165, 1.54) is 21.6 Å². The van der Waals surface area contributed by atoms with Crippen LogP contribution in [0.1, 0.15) is 179 Å². The number of phenols is 1. The first-order chi connectivity index (χ1) is 66.7. The van der Waals surface area contributed by atoms with Gasteiger partial charge in [0.25, 0.3) is 11.5 Å². The number of amides is 13. The molecule has 43 heteroatoms. The van der Waals surface area contributed by atoms with E-state index in [0.717, 1.165) is 56.3 Å². The van der Waals surface area contributed by atoms with Crippen LogP contribution in [0.15, 0.2) is 76.3 Å². The molecule has 0 saturated heterocycles. The zero-order valence-corrected chi connectivity index (χ0v) is 80.5. The minimum atomic E-state index is -0.979. The van der Waals surface area contributed by atoms with E-state index in [-0.39, 0.29) is 254 Å². The Morgan fingerprint density at radius 1 is 0.486 bits per heavy atom. The van der Waals surface area contributed by atoms with Crippen LogP contribution in [0, 0.1) is 0 Å². The molecule has 0 bridgehead atoms. The topological polar surface area (TPSA) is 605 Å². The lowest BCUT2D eigenvalue weighted by atomic mass is 9.86. The number of nitrogens with zero attached hydrogens (tertiary/aromatic N) is 4. The number of imidazole rings is 1. The van der Waals surface area contributed by atoms with Crippen LogP contribution < -0.4 is 97.0 Å². The zero-order chi connectivity index (χ0) is 100. The molecule has 0 radical (unpaired) electrons. The summed E-state index contributed by atoms with van der Waals surface area (Å²) in [7, 11) is 0. The smallest absolute Gasteiger partial charge is 0.332 e. The fraction of sp³-hybridized carbons (Fsp3) is 0.621. The van der Waals surface area contributed by atoms with Crippen molar-refractivity contribution in [3.05, 3.63) is 104 Å². The highest BCUT2D eigenvalue weighted by Gasteiger charge is 2.28. The molecule has 2 aromatic heterocycles. The van der Waals surface area contributed by atoms with Gasteiger partial charge in [0.15, 0.2) is 12.3 Å². The summed E-state index contributed by atoms with van der Waals surface area (Å²) in [5.74, 6) is -3.83. The van der Waals surface area contributed by atoms with Crippen LogP contribution in [-0.2, 0) is 123 Å². The quantitative estimate of drug-likeness (QED) is 0.0240. The van der Waals surface area contributed by atoms with E-state index in [1.807, 2.05) is 44.2 Å². The zero-order valence-electron chi connectivity index (χ0n) is 80.5. The SMILES string of the molecule is CCCN(CCc1ccc(NC(=O)CC[C@H](N)C(=O)NCCCC[C@H](NC(=O)CCC(=O)NCCOCCOCCNC(=O)CCC(=O)NCCOCCOCCNC(=O)CCC(=O)NCCOCCOCCNC(=O)[C@H](CCCCNC(=O)[C@@H](N)CCCCNC(=O)COc2ccc(-c3nc4c([nH]3)c(=O)n(CCC)c(=O)n4CCC)cc2)NC(C)=O)C(N)=O)cc1)C1CCc2c(O)cccc2C1. The number of aryl methyl sites for hydroxylation is 1. The summed E-state index contributed by atoms with van der Waals surface area (Å²) in [5.41, 5.74) is 22.3. The average molecular weight is 1940 g/mol. The second kappa shape index (κ2) is 67.4. The fourth-order valence-corrected chi connectivity index (χ4v) is 14.9. The molecule has 5 aromatic rings. The van der Waals surface area contributed by atoms with Gasteiger partial charge in [0.05, 0.1) is 91.4 Å². The van der Waals surface area contributed by atoms with Crippen LogP contribution in [0.3, 0.4) is 0 Å². The summed E-state index contributed by atoms with van der Waals surface area (Å²) < 4.78 is 41.3. The van der Waals surface area contributed by atoms with Crippen LogP contribution >= 0.6 is 0 Å². The van der Waals surface area contributed by atoms with Crippen LogP contribution in [-0.4, -0.2) is 294 Å². The number of ether oxygens (including phenoxy) is 7. The van der Waals surface area contributed by atoms with E-state index in [0.29, 0.717) is 131 Å². The predicted octanol–water partition coefficient (Wildman–Crippen LogP) is 0.815. The highest BCUT2D eigenvalue weighted by Crippen LogP contribution is 2.31. The Hall–Kier alpha value is -11.8. The Bertz CT molecular complexity index is 4710. The van der Waals surface area contributed by atoms with Crippen LogP contribution in [0.5, 0.6) is 11.5 Å². The fourth-order valence-electron chi connectivity index (χ4n) is 14.9. The number of nitrogens with one attached hydrogen (secondary N) is 13. The first kappa shape index (κ1) is 115. The number of hydrogen-bond donors (Lipinski definition) is 17. The maximum Gasteiger partial charge on any atom is 0.332 e. The number of aromatic amines is 1. The minimum Gasteiger partial charge on any atom is -0.508 e. The standard InChI is InChI=1S/C95H148N20O23/c1-5-48-113(71-26-29-73-69(64-71)15-14-19-78(73)117)51-38-67-20-24-70(25-21-67)109-84(123)31-30-75(97)92(128)106-40-12-9-17-76(88(98)126)110-85(124)37-36-83(122)104-46-56-135-61-60-134-54-44-102-80(119)33-32-79(118)100-42-52-132-58-59-133-53-43-101-81(120)34-35-82(121)103-45-55-136-62-63-137-57-47-107-93(129)77(108-66(4)116)18-10-13-41-105-91(127)74(96)16-8-11-39-99-86(125)65-138-72-27-22-68(23-28-72)89-111-87-90(112-89)114(49-6-2)95(131)115(50-7-3)94(87)130/h14-15,19-25,27-28,71,74-77,117H,5-13,16-18,26,29-65,96-97H2,1-4H3,(H2,98,126)(H,99,125)(H,100,118)(H,101,120)(H,102,119)(H,103,121)(H,104,122)(H,105,127)(H,106,128)(H,107,129)(H,108,116)(H,109,123)(H,110,124)(H,111,112)/t71?,74-,75-,76-,77-/m0/s1. The van der Waals surface area contributed by atoms with Crippen molar-refractivity contribution in [3.63, 3.8) is 0 Å². The molecule has 0 aliphatic heterocycles. The summed E-state index contributed by atoms with van der Waals surface area (Å²) in [6.07, 6.45) is 9.75. The van der Waals surface area contributed by atoms with Crippen LogP contribution in [0.4, 0.5) is 5.69 Å². The van der Waals surface area contributed by atoms with Gasteiger partial charge in [-0.15, -0.1) is 0 Å². The number of benzene rings is 3.